The molecule has 5 rings (SSSR count). The highest BCUT2D eigenvalue weighted by atomic mass is 16.5. The number of rotatable bonds is 6. The number of allylic oxidation sites excluding steroid dienone is 2. The number of nitrogens with one attached hydrogen (secondary N) is 1. The van der Waals surface area contributed by atoms with E-state index in [1.54, 1.807) is 0 Å². The minimum absolute atomic E-state index is 0.789. The molecule has 0 atom stereocenters. The highest BCUT2D eigenvalue weighted by molar-refractivity contribution is 5.70. The van der Waals surface area contributed by atoms with E-state index in [9.17, 15) is 0 Å². The lowest BCUT2D eigenvalue weighted by molar-refractivity contribution is 0.0342. The summed E-state index contributed by atoms with van der Waals surface area (Å²) in [6.45, 7) is 11.2. The standard InChI is InChI=1S/C27H34N4O2/c1-22-5-10-25(31-11-3-2-4-27(31)30-14-18-33-19-15-30)20-26(22)28-24-8-6-23(7-9-24)21-29-12-16-32-17-13-29/h2-10,20,28H,11-19,21H2,1H3. The van der Waals surface area contributed by atoms with Crippen molar-refractivity contribution >= 4 is 17.1 Å². The molecule has 0 unspecified atom stereocenters. The van der Waals surface area contributed by atoms with Crippen molar-refractivity contribution in [2.24, 2.45) is 0 Å². The number of benzene rings is 2. The van der Waals surface area contributed by atoms with Gasteiger partial charge in [0.15, 0.2) is 0 Å². The molecule has 6 nitrogen and oxygen atoms in total. The van der Waals surface area contributed by atoms with Crippen LogP contribution in [0.5, 0.6) is 0 Å². The fourth-order valence-corrected chi connectivity index (χ4v) is 4.59. The van der Waals surface area contributed by atoms with Crippen LogP contribution < -0.4 is 10.2 Å². The van der Waals surface area contributed by atoms with Crippen LogP contribution in [0.2, 0.25) is 0 Å². The van der Waals surface area contributed by atoms with Gasteiger partial charge in [-0.3, -0.25) is 4.90 Å². The number of anilines is 3. The molecule has 3 heterocycles. The van der Waals surface area contributed by atoms with Crippen molar-refractivity contribution in [3.8, 4) is 0 Å². The second-order valence-corrected chi connectivity index (χ2v) is 8.87. The summed E-state index contributed by atoms with van der Waals surface area (Å²) in [5.41, 5.74) is 6.04. The summed E-state index contributed by atoms with van der Waals surface area (Å²) in [6.07, 6.45) is 6.59. The summed E-state index contributed by atoms with van der Waals surface area (Å²) in [5, 5.41) is 3.65. The molecule has 174 valence electrons. The van der Waals surface area contributed by atoms with Crippen LogP contribution in [0.15, 0.2) is 66.5 Å². The van der Waals surface area contributed by atoms with Crippen LogP contribution >= 0.6 is 0 Å². The first-order valence-electron chi connectivity index (χ1n) is 12.0. The summed E-state index contributed by atoms with van der Waals surface area (Å²) in [6, 6.07) is 15.5. The van der Waals surface area contributed by atoms with E-state index >= 15 is 0 Å². The molecule has 3 aliphatic rings. The topological polar surface area (TPSA) is 40.2 Å². The van der Waals surface area contributed by atoms with E-state index < -0.39 is 0 Å². The highest BCUT2D eigenvalue weighted by Crippen LogP contribution is 2.30. The average Bonchev–Trinajstić information content (AvgIpc) is 2.88. The Hall–Kier alpha value is -2.80. The van der Waals surface area contributed by atoms with Gasteiger partial charge >= 0.3 is 0 Å². The normalized spacial score (nSPS) is 19.5. The van der Waals surface area contributed by atoms with Crippen molar-refractivity contribution in [2.75, 3.05) is 69.4 Å². The molecule has 1 N–H and O–H groups in total. The number of ether oxygens (including phenoxy) is 2. The quantitative estimate of drug-likeness (QED) is 0.720. The van der Waals surface area contributed by atoms with Gasteiger partial charge in [0.2, 0.25) is 0 Å². The Morgan fingerprint density at radius 3 is 2.36 bits per heavy atom. The molecule has 3 aliphatic heterocycles. The molecule has 0 aliphatic carbocycles. The maximum Gasteiger partial charge on any atom is 0.109 e. The van der Waals surface area contributed by atoms with E-state index in [0.29, 0.717) is 0 Å². The van der Waals surface area contributed by atoms with Crippen molar-refractivity contribution in [1.82, 2.24) is 9.80 Å². The van der Waals surface area contributed by atoms with Crippen LogP contribution in [-0.2, 0) is 16.0 Å². The minimum atomic E-state index is 0.789. The maximum atomic E-state index is 5.56. The van der Waals surface area contributed by atoms with Gasteiger partial charge in [0.1, 0.15) is 5.82 Å². The van der Waals surface area contributed by atoms with Crippen LogP contribution in [0.25, 0.3) is 0 Å². The zero-order valence-electron chi connectivity index (χ0n) is 19.5. The van der Waals surface area contributed by atoms with E-state index in [2.05, 4.69) is 87.6 Å². The van der Waals surface area contributed by atoms with E-state index in [1.165, 1.54) is 22.6 Å². The molecule has 0 bridgehead atoms. The molecular formula is C27H34N4O2. The Morgan fingerprint density at radius 2 is 1.61 bits per heavy atom. The third-order valence-corrected chi connectivity index (χ3v) is 6.56. The summed E-state index contributed by atoms with van der Waals surface area (Å²) in [7, 11) is 0. The predicted octanol–water partition coefficient (Wildman–Crippen LogP) is 4.12. The second kappa shape index (κ2) is 10.4. The summed E-state index contributed by atoms with van der Waals surface area (Å²) in [4.78, 5) is 7.26. The van der Waals surface area contributed by atoms with Gasteiger partial charge in [0.05, 0.1) is 26.4 Å². The van der Waals surface area contributed by atoms with Crippen LogP contribution in [0, 0.1) is 6.92 Å². The fourth-order valence-electron chi connectivity index (χ4n) is 4.59. The number of aryl methyl sites for hydroxylation is 1. The molecule has 2 fully saturated rings. The number of morpholine rings is 2. The van der Waals surface area contributed by atoms with Crippen LogP contribution in [-0.4, -0.2) is 69.0 Å². The minimum Gasteiger partial charge on any atom is -0.379 e. The first-order chi connectivity index (χ1) is 16.3. The summed E-state index contributed by atoms with van der Waals surface area (Å²) in [5.74, 6) is 1.25. The van der Waals surface area contributed by atoms with Crippen molar-refractivity contribution in [1.29, 1.82) is 0 Å². The number of hydrogen-bond donors (Lipinski definition) is 1. The molecule has 6 heteroatoms. The molecule has 2 aromatic rings. The molecule has 2 aromatic carbocycles. The van der Waals surface area contributed by atoms with Crippen LogP contribution in [0.4, 0.5) is 17.1 Å². The first kappa shape index (κ1) is 22.0. The average molecular weight is 447 g/mol. The highest BCUT2D eigenvalue weighted by Gasteiger charge is 2.21. The lowest BCUT2D eigenvalue weighted by Gasteiger charge is -2.38. The summed E-state index contributed by atoms with van der Waals surface area (Å²) < 4.78 is 11.0. The van der Waals surface area contributed by atoms with Gasteiger partial charge in [-0.1, -0.05) is 30.4 Å². The van der Waals surface area contributed by atoms with Crippen molar-refractivity contribution in [2.45, 2.75) is 13.5 Å². The lowest BCUT2D eigenvalue weighted by atomic mass is 10.1. The first-order valence-corrected chi connectivity index (χ1v) is 12.0. The van der Waals surface area contributed by atoms with Crippen molar-refractivity contribution < 1.29 is 9.47 Å². The van der Waals surface area contributed by atoms with E-state index in [4.69, 9.17) is 9.47 Å². The predicted molar refractivity (Wildman–Crippen MR) is 134 cm³/mol. The third kappa shape index (κ3) is 5.41. The number of hydrogen-bond acceptors (Lipinski definition) is 6. The maximum absolute atomic E-state index is 5.56. The molecule has 0 radical (unpaired) electrons. The molecule has 33 heavy (non-hydrogen) atoms. The Balaban J connectivity index is 1.29. The van der Waals surface area contributed by atoms with Gasteiger partial charge in [0.25, 0.3) is 0 Å². The SMILES string of the molecule is Cc1ccc(N2CC=CC=C2N2CCOCC2)cc1Nc1ccc(CN2CCOCC2)cc1. The monoisotopic (exact) mass is 446 g/mol. The lowest BCUT2D eigenvalue weighted by Crippen LogP contribution is -2.43. The molecule has 0 spiro atoms. The zero-order valence-corrected chi connectivity index (χ0v) is 19.5. The van der Waals surface area contributed by atoms with Gasteiger partial charge in [-0.05, 0) is 48.4 Å². The van der Waals surface area contributed by atoms with E-state index in [-0.39, 0.29) is 0 Å². The van der Waals surface area contributed by atoms with Gasteiger partial charge in [-0.15, -0.1) is 0 Å². The second-order valence-electron chi connectivity index (χ2n) is 8.87. The van der Waals surface area contributed by atoms with Gasteiger partial charge in [-0.2, -0.15) is 0 Å². The molecule has 2 saturated heterocycles. The van der Waals surface area contributed by atoms with Crippen molar-refractivity contribution in [3.05, 3.63) is 77.6 Å². The zero-order chi connectivity index (χ0) is 22.5. The van der Waals surface area contributed by atoms with Gasteiger partial charge in [-0.25, -0.2) is 0 Å². The van der Waals surface area contributed by atoms with Crippen molar-refractivity contribution in [3.63, 3.8) is 0 Å². The Labute approximate surface area is 197 Å². The third-order valence-electron chi connectivity index (χ3n) is 6.56. The van der Waals surface area contributed by atoms with E-state index in [1.807, 2.05) is 0 Å². The fraction of sp³-hybridized carbons (Fsp3) is 0.407. The largest absolute Gasteiger partial charge is 0.379 e. The van der Waals surface area contributed by atoms with Gasteiger partial charge < -0.3 is 24.6 Å². The van der Waals surface area contributed by atoms with Crippen LogP contribution in [0.3, 0.4) is 0 Å². The van der Waals surface area contributed by atoms with Crippen LogP contribution in [0.1, 0.15) is 11.1 Å². The Morgan fingerprint density at radius 1 is 0.879 bits per heavy atom. The van der Waals surface area contributed by atoms with Gasteiger partial charge in [0, 0.05) is 56.3 Å². The molecule has 0 amide bonds. The molecule has 0 aromatic heterocycles. The molecular weight excluding hydrogens is 412 g/mol. The van der Waals surface area contributed by atoms with E-state index in [0.717, 1.165) is 77.1 Å². The summed E-state index contributed by atoms with van der Waals surface area (Å²) >= 11 is 0. The Kier molecular flexibility index (Phi) is 6.95. The Bertz CT molecular complexity index is 990. The number of nitrogens with zero attached hydrogens (tertiary/aromatic N) is 3. The smallest absolute Gasteiger partial charge is 0.109 e. The molecule has 0 saturated carbocycles.